The van der Waals surface area contributed by atoms with Gasteiger partial charge in [0.25, 0.3) is 0 Å². The molecule has 0 saturated carbocycles. The zero-order valence-electron chi connectivity index (χ0n) is 11.0. The van der Waals surface area contributed by atoms with E-state index in [1.54, 1.807) is 6.92 Å². The average molecular weight is 264 g/mol. The number of carbonyl (C=O) groups excluding carboxylic acids is 1. The van der Waals surface area contributed by atoms with Crippen LogP contribution in [0.5, 0.6) is 0 Å². The Bertz CT molecular complexity index is 416. The quantitative estimate of drug-likeness (QED) is 0.635. The van der Waals surface area contributed by atoms with E-state index in [2.05, 4.69) is 6.58 Å². The van der Waals surface area contributed by atoms with Crippen molar-refractivity contribution in [2.75, 3.05) is 0 Å². The van der Waals surface area contributed by atoms with E-state index in [9.17, 15) is 9.59 Å². The zero-order chi connectivity index (χ0) is 13.6. The summed E-state index contributed by atoms with van der Waals surface area (Å²) >= 11 is 0. The third-order valence-corrected chi connectivity index (χ3v) is 5.40. The van der Waals surface area contributed by atoms with Gasteiger partial charge in [0.1, 0.15) is 0 Å². The van der Waals surface area contributed by atoms with Crippen LogP contribution in [0.1, 0.15) is 25.8 Å². The van der Waals surface area contributed by atoms with E-state index in [0.29, 0.717) is 17.7 Å². The van der Waals surface area contributed by atoms with Gasteiger partial charge in [0.15, 0.2) is 0 Å². The van der Waals surface area contributed by atoms with Crippen molar-refractivity contribution in [2.45, 2.75) is 32.4 Å². The van der Waals surface area contributed by atoms with Gasteiger partial charge in [0.2, 0.25) is 0 Å². The van der Waals surface area contributed by atoms with Crippen LogP contribution < -0.4 is 0 Å². The second-order valence-electron chi connectivity index (χ2n) is 4.53. The van der Waals surface area contributed by atoms with E-state index >= 15 is 0 Å². The van der Waals surface area contributed by atoms with Gasteiger partial charge in [-0.3, -0.25) is 0 Å². The smallest absolute Gasteiger partial charge is 0.403 e. The predicted molar refractivity (Wildman–Crippen MR) is 74.1 cm³/mol. The molecule has 1 rings (SSSR count). The first kappa shape index (κ1) is 14.7. The number of benzene rings is 1. The largest absolute Gasteiger partial charge is 0.491 e. The average Bonchev–Trinajstić information content (AvgIpc) is 2.29. The molecule has 0 heterocycles. The summed E-state index contributed by atoms with van der Waals surface area (Å²) in [7, 11) is -3.03. The molecule has 0 fully saturated rings. The summed E-state index contributed by atoms with van der Waals surface area (Å²) in [6.45, 7) is 7.10. The molecule has 0 amide bonds. The lowest BCUT2D eigenvalue weighted by molar-refractivity contribution is -0.132. The lowest BCUT2D eigenvalue weighted by atomic mass is 10.2. The summed E-state index contributed by atoms with van der Waals surface area (Å²) in [4.78, 5) is 22.1. The van der Waals surface area contributed by atoms with Crippen molar-refractivity contribution in [1.82, 2.24) is 0 Å². The van der Waals surface area contributed by atoms with Gasteiger partial charge in [-0.05, 0) is 12.5 Å². The molecule has 0 saturated heterocycles. The first-order valence-corrected chi connectivity index (χ1v) is 8.39. The Morgan fingerprint density at radius 3 is 2.50 bits per heavy atom. The maximum atomic E-state index is 11.6. The number of hydrogen-bond acceptors (Lipinski definition) is 3. The highest BCUT2D eigenvalue weighted by atomic mass is 28.4. The van der Waals surface area contributed by atoms with E-state index < -0.39 is 14.5 Å². The molecule has 0 aliphatic carbocycles. The molecule has 4 heteroatoms. The van der Waals surface area contributed by atoms with Gasteiger partial charge in [0, 0.05) is 17.7 Å². The van der Waals surface area contributed by atoms with E-state index in [-0.39, 0.29) is 0 Å². The fourth-order valence-electron chi connectivity index (χ4n) is 1.74. The van der Waals surface area contributed by atoms with Crippen molar-refractivity contribution in [2.24, 2.45) is 0 Å². The topological polar surface area (TPSA) is 46.5 Å². The van der Waals surface area contributed by atoms with Crippen LogP contribution in [0.3, 0.4) is 0 Å². The van der Waals surface area contributed by atoms with Gasteiger partial charge < -0.3 is 9.22 Å². The minimum atomic E-state index is -3.03. The molecule has 3 nitrogen and oxygen atoms in total. The number of rotatable bonds is 6. The Morgan fingerprint density at radius 2 is 2.00 bits per heavy atom. The molecule has 0 bridgehead atoms. The molecule has 18 heavy (non-hydrogen) atoms. The van der Waals surface area contributed by atoms with Crippen molar-refractivity contribution in [3.8, 4) is 0 Å². The first-order valence-electron chi connectivity index (χ1n) is 6.12. The minimum absolute atomic E-state index is 0.324. The zero-order valence-corrected chi connectivity index (χ0v) is 12.0. The fraction of sp³-hybridized carbons (Fsp3) is 0.357. The summed E-state index contributed by atoms with van der Waals surface area (Å²) in [6.07, 6.45) is 0.791. The number of hydrogen-bond donors (Lipinski definition) is 1. The van der Waals surface area contributed by atoms with Gasteiger partial charge in [-0.2, -0.15) is 0 Å². The van der Waals surface area contributed by atoms with E-state index in [1.807, 2.05) is 37.3 Å². The first-order chi connectivity index (χ1) is 8.47. The maximum absolute atomic E-state index is 11.6. The normalized spacial score (nSPS) is 13.7. The molecule has 1 atom stereocenters. The Labute approximate surface area is 109 Å². The Balaban J connectivity index is 2.80. The third kappa shape index (κ3) is 4.47. The minimum Gasteiger partial charge on any atom is -0.491 e. The van der Waals surface area contributed by atoms with E-state index in [1.165, 1.54) is 0 Å². The van der Waals surface area contributed by atoms with Crippen molar-refractivity contribution in [3.63, 3.8) is 0 Å². The molecule has 1 aromatic carbocycles. The van der Waals surface area contributed by atoms with Crippen LogP contribution in [0.2, 0.25) is 6.04 Å². The van der Waals surface area contributed by atoms with Crippen molar-refractivity contribution >= 4 is 14.5 Å². The summed E-state index contributed by atoms with van der Waals surface area (Å²) in [5.41, 5.74) is 1.32. The lowest BCUT2D eigenvalue weighted by Gasteiger charge is -2.24. The highest BCUT2D eigenvalue weighted by Crippen LogP contribution is 2.18. The molecule has 98 valence electrons. The molecule has 0 aromatic heterocycles. The second kappa shape index (κ2) is 6.52. The summed E-state index contributed by atoms with van der Waals surface area (Å²) in [5, 5.41) is 0. The van der Waals surface area contributed by atoms with Gasteiger partial charge >= 0.3 is 14.5 Å². The van der Waals surface area contributed by atoms with Crippen LogP contribution in [-0.2, 0) is 15.3 Å². The Morgan fingerprint density at radius 1 is 1.39 bits per heavy atom. The molecule has 0 aliphatic rings. The van der Waals surface area contributed by atoms with Gasteiger partial charge in [-0.1, -0.05) is 50.3 Å². The van der Waals surface area contributed by atoms with Gasteiger partial charge in [0.05, 0.1) is 0 Å². The van der Waals surface area contributed by atoms with Crippen LogP contribution in [0.25, 0.3) is 0 Å². The van der Waals surface area contributed by atoms with Crippen molar-refractivity contribution in [3.05, 3.63) is 48.0 Å². The molecule has 0 spiro atoms. The number of carbonyl (C=O) groups is 1. The maximum Gasteiger partial charge on any atom is 0.403 e. The molecular weight excluding hydrogens is 244 g/mol. The fourth-order valence-corrected chi connectivity index (χ4v) is 4.27. The summed E-state index contributed by atoms with van der Waals surface area (Å²) in [6, 6.07) is 10.6. The van der Waals surface area contributed by atoms with Crippen LogP contribution >= 0.6 is 0 Å². The van der Waals surface area contributed by atoms with Crippen LogP contribution in [0.15, 0.2) is 42.5 Å². The second-order valence-corrected chi connectivity index (χ2v) is 7.48. The van der Waals surface area contributed by atoms with Gasteiger partial charge in [-0.25, -0.2) is 4.79 Å². The highest BCUT2D eigenvalue weighted by Gasteiger charge is 2.37. The predicted octanol–water partition coefficient (Wildman–Crippen LogP) is 2.73. The van der Waals surface area contributed by atoms with Crippen LogP contribution in [0, 0.1) is 0 Å². The summed E-state index contributed by atoms with van der Waals surface area (Å²) < 4.78 is 5.30. The lowest BCUT2D eigenvalue weighted by Crippen LogP contribution is -2.43. The third-order valence-electron chi connectivity index (χ3n) is 2.59. The molecule has 0 aliphatic heterocycles. The highest BCUT2D eigenvalue weighted by molar-refractivity contribution is 6.67. The molecule has 1 N–H and O–H groups in total. The SMILES string of the molecule is C=C(C)C(=O)O[Si](O)(CCC)Cc1ccccc1. The molecule has 1 unspecified atom stereocenters. The summed E-state index contributed by atoms with van der Waals surface area (Å²) in [5.74, 6) is -0.492. The Kier molecular flexibility index (Phi) is 5.31. The van der Waals surface area contributed by atoms with Gasteiger partial charge in [-0.15, -0.1) is 0 Å². The van der Waals surface area contributed by atoms with E-state index in [4.69, 9.17) is 4.43 Å². The standard InChI is InChI=1S/C14H20O3Si/c1-4-10-18(16,17-14(15)12(2)3)11-13-8-6-5-7-9-13/h5-9,16H,2,4,10-11H2,1,3H3. The van der Waals surface area contributed by atoms with Crippen LogP contribution in [-0.4, -0.2) is 19.3 Å². The Hall–Kier alpha value is -1.39. The molecule has 1 aromatic rings. The van der Waals surface area contributed by atoms with Crippen molar-refractivity contribution in [1.29, 1.82) is 0 Å². The van der Waals surface area contributed by atoms with Crippen LogP contribution in [0.4, 0.5) is 0 Å². The molecule has 0 radical (unpaired) electrons. The van der Waals surface area contributed by atoms with E-state index in [0.717, 1.165) is 12.0 Å². The van der Waals surface area contributed by atoms with Crippen molar-refractivity contribution < 1.29 is 14.0 Å². The monoisotopic (exact) mass is 264 g/mol. The molecular formula is C14H20O3Si.